The average Bonchev–Trinajstić information content (AvgIpc) is 3.40. The van der Waals surface area contributed by atoms with E-state index in [9.17, 15) is 27.6 Å². The van der Waals surface area contributed by atoms with E-state index < -0.39 is 28.8 Å². The van der Waals surface area contributed by atoms with Crippen LogP contribution in [0.4, 0.5) is 13.2 Å². The van der Waals surface area contributed by atoms with Gasteiger partial charge < -0.3 is 14.9 Å². The number of alkyl halides is 3. The van der Waals surface area contributed by atoms with Gasteiger partial charge in [0.1, 0.15) is 0 Å². The number of rotatable bonds is 7. The Labute approximate surface area is 219 Å². The number of carbonyl (C=O) groups excluding carboxylic acids is 1. The molecule has 5 aromatic rings. The summed E-state index contributed by atoms with van der Waals surface area (Å²) < 4.78 is 44.3. The average molecular weight is 534 g/mol. The summed E-state index contributed by atoms with van der Waals surface area (Å²) in [5.74, 6) is -0.709. The van der Waals surface area contributed by atoms with Crippen molar-refractivity contribution in [1.82, 2.24) is 19.5 Å². The number of aromatic amines is 1. The first-order valence-electron chi connectivity index (χ1n) is 11.9. The molecule has 1 amide bonds. The van der Waals surface area contributed by atoms with Crippen LogP contribution in [0.5, 0.6) is 0 Å². The van der Waals surface area contributed by atoms with Gasteiger partial charge in [-0.1, -0.05) is 48.5 Å². The van der Waals surface area contributed by atoms with Gasteiger partial charge in [-0.25, -0.2) is 4.68 Å². The minimum absolute atomic E-state index is 0.107. The highest BCUT2D eigenvalue weighted by molar-refractivity contribution is 6.00. The predicted octanol–water partition coefficient (Wildman–Crippen LogP) is 4.17. The Morgan fingerprint density at radius 3 is 2.23 bits per heavy atom. The molecule has 3 N–H and O–H groups in total. The zero-order valence-corrected chi connectivity index (χ0v) is 20.3. The second-order valence-corrected chi connectivity index (χ2v) is 8.80. The quantitative estimate of drug-likeness (QED) is 0.274. The number of fused-ring (bicyclic) bond motifs is 1. The van der Waals surface area contributed by atoms with Crippen LogP contribution in [0.15, 0.2) is 101 Å². The second-order valence-electron chi connectivity index (χ2n) is 8.80. The molecule has 0 aliphatic carbocycles. The number of hydrogen-bond acceptors (Lipinski definition) is 4. The Morgan fingerprint density at radius 2 is 1.54 bits per heavy atom. The van der Waals surface area contributed by atoms with Gasteiger partial charge in [0.05, 0.1) is 22.3 Å². The molecule has 0 saturated heterocycles. The minimum atomic E-state index is -4.77. The van der Waals surface area contributed by atoms with Crippen LogP contribution >= 0.6 is 0 Å². The molecule has 0 fully saturated rings. The van der Waals surface area contributed by atoms with Crippen LogP contribution in [-0.2, 0) is 19.3 Å². The van der Waals surface area contributed by atoms with Gasteiger partial charge in [0.25, 0.3) is 5.91 Å². The molecule has 0 spiro atoms. The fourth-order valence-corrected chi connectivity index (χ4v) is 4.20. The first kappa shape index (κ1) is 25.7. The third-order valence-corrected chi connectivity index (χ3v) is 6.09. The summed E-state index contributed by atoms with van der Waals surface area (Å²) in [4.78, 5) is 39.9. The van der Waals surface area contributed by atoms with Crippen molar-refractivity contribution < 1.29 is 18.0 Å². The number of nitrogens with zero attached hydrogens (tertiary/aromatic N) is 2. The highest BCUT2D eigenvalue weighted by Crippen LogP contribution is 2.36. The number of benzene rings is 3. The van der Waals surface area contributed by atoms with E-state index in [0.29, 0.717) is 17.8 Å². The van der Waals surface area contributed by atoms with Crippen molar-refractivity contribution in [1.29, 1.82) is 0 Å². The lowest BCUT2D eigenvalue weighted by molar-refractivity contribution is -0.137. The van der Waals surface area contributed by atoms with E-state index in [4.69, 9.17) is 0 Å². The van der Waals surface area contributed by atoms with E-state index in [2.05, 4.69) is 15.7 Å². The van der Waals surface area contributed by atoms with Crippen molar-refractivity contribution in [3.8, 4) is 5.69 Å². The third-order valence-electron chi connectivity index (χ3n) is 6.09. The molecule has 0 bridgehead atoms. The van der Waals surface area contributed by atoms with E-state index in [-0.39, 0.29) is 22.3 Å². The fraction of sp³-hybridized carbons (Fsp3) is 0.107. The summed E-state index contributed by atoms with van der Waals surface area (Å²) in [6, 6.07) is 21.1. The standard InChI is InChI=1S/C28H22F3N5O3/c29-28(30,31)21-13-22-24(36(27(39)26(38)33-22)34-25(37)20-9-5-2-6-10-20)14-23(21)35-12-11-19(17-35)16-32-15-18-7-3-1-4-8-18/h1-14,17,32H,15-16H2,(H,33,38)(H,34,37). The largest absolute Gasteiger partial charge is 0.418 e. The highest BCUT2D eigenvalue weighted by atomic mass is 19.4. The van der Waals surface area contributed by atoms with Gasteiger partial charge in [0.2, 0.25) is 0 Å². The summed E-state index contributed by atoms with van der Waals surface area (Å²) in [6.07, 6.45) is -1.75. The van der Waals surface area contributed by atoms with Crippen LogP contribution < -0.4 is 21.9 Å². The second kappa shape index (κ2) is 10.5. The molecule has 3 aromatic carbocycles. The minimum Gasteiger partial charge on any atom is -0.323 e. The van der Waals surface area contributed by atoms with Gasteiger partial charge >= 0.3 is 17.3 Å². The van der Waals surface area contributed by atoms with Crippen LogP contribution in [0.1, 0.15) is 27.0 Å². The van der Waals surface area contributed by atoms with Gasteiger partial charge in [0.15, 0.2) is 0 Å². The van der Waals surface area contributed by atoms with Gasteiger partial charge in [-0.15, -0.1) is 0 Å². The molecular weight excluding hydrogens is 511 g/mol. The lowest BCUT2D eigenvalue weighted by Crippen LogP contribution is -2.42. The summed E-state index contributed by atoms with van der Waals surface area (Å²) in [5.41, 5.74) is 0.343. The molecule has 5 rings (SSSR count). The first-order valence-corrected chi connectivity index (χ1v) is 11.9. The summed E-state index contributed by atoms with van der Waals surface area (Å²) in [7, 11) is 0. The van der Waals surface area contributed by atoms with Gasteiger partial charge in [-0.05, 0) is 41.5 Å². The Hall–Kier alpha value is -4.90. The molecule has 11 heteroatoms. The molecule has 2 heterocycles. The number of hydrogen-bond donors (Lipinski definition) is 3. The van der Waals surface area contributed by atoms with Crippen LogP contribution in [-0.4, -0.2) is 20.1 Å². The van der Waals surface area contributed by atoms with E-state index in [1.54, 1.807) is 30.5 Å². The molecule has 0 aliphatic heterocycles. The van der Waals surface area contributed by atoms with Gasteiger partial charge in [0, 0.05) is 31.0 Å². The van der Waals surface area contributed by atoms with Gasteiger partial charge in [-0.3, -0.25) is 19.8 Å². The highest BCUT2D eigenvalue weighted by Gasteiger charge is 2.35. The summed E-state index contributed by atoms with van der Waals surface area (Å²) >= 11 is 0. The maximum Gasteiger partial charge on any atom is 0.418 e. The number of H-pyrrole nitrogens is 1. The number of aromatic nitrogens is 3. The third kappa shape index (κ3) is 5.53. The van der Waals surface area contributed by atoms with E-state index in [0.717, 1.165) is 23.3 Å². The molecular formula is C28H22F3N5O3. The molecule has 0 saturated carbocycles. The summed E-state index contributed by atoms with van der Waals surface area (Å²) in [6.45, 7) is 0.985. The van der Waals surface area contributed by atoms with Crippen LogP contribution in [0.2, 0.25) is 0 Å². The smallest absolute Gasteiger partial charge is 0.323 e. The van der Waals surface area contributed by atoms with Gasteiger partial charge in [-0.2, -0.15) is 13.2 Å². The number of halogens is 3. The maximum atomic E-state index is 14.1. The number of nitrogens with one attached hydrogen (secondary N) is 3. The van der Waals surface area contributed by atoms with Crippen molar-refractivity contribution in [3.05, 3.63) is 134 Å². The van der Waals surface area contributed by atoms with Crippen LogP contribution in [0.25, 0.3) is 16.7 Å². The number of carbonyl (C=O) groups is 1. The Kier molecular flexibility index (Phi) is 6.90. The van der Waals surface area contributed by atoms with Crippen molar-refractivity contribution >= 4 is 16.9 Å². The maximum absolute atomic E-state index is 14.1. The molecule has 0 radical (unpaired) electrons. The Bertz CT molecular complexity index is 1760. The van der Waals surface area contributed by atoms with E-state index >= 15 is 0 Å². The molecule has 39 heavy (non-hydrogen) atoms. The SMILES string of the molecule is O=C(Nn1c(=O)c(=O)[nH]c2cc(C(F)(F)F)c(-n3ccc(CNCc4ccccc4)c3)cc21)c1ccccc1. The lowest BCUT2D eigenvalue weighted by atomic mass is 10.1. The zero-order valence-electron chi connectivity index (χ0n) is 20.3. The summed E-state index contributed by atoms with van der Waals surface area (Å²) in [5, 5.41) is 3.25. The normalized spacial score (nSPS) is 11.6. The topological polar surface area (TPSA) is 101 Å². The zero-order chi connectivity index (χ0) is 27.6. The molecule has 198 valence electrons. The Balaban J connectivity index is 1.54. The molecule has 0 unspecified atom stereocenters. The van der Waals surface area contributed by atoms with E-state index in [1.165, 1.54) is 22.9 Å². The van der Waals surface area contributed by atoms with Crippen molar-refractivity contribution in [2.45, 2.75) is 19.3 Å². The fourth-order valence-electron chi connectivity index (χ4n) is 4.20. The predicted molar refractivity (Wildman–Crippen MR) is 140 cm³/mol. The monoisotopic (exact) mass is 533 g/mol. The number of amides is 1. The first-order chi connectivity index (χ1) is 18.7. The Morgan fingerprint density at radius 1 is 0.872 bits per heavy atom. The lowest BCUT2D eigenvalue weighted by Gasteiger charge is -2.17. The van der Waals surface area contributed by atoms with Crippen LogP contribution in [0.3, 0.4) is 0 Å². The van der Waals surface area contributed by atoms with E-state index in [1.807, 2.05) is 30.3 Å². The molecule has 2 aromatic heterocycles. The molecule has 0 atom stereocenters. The van der Waals surface area contributed by atoms with Crippen LogP contribution in [0, 0.1) is 0 Å². The molecule has 8 nitrogen and oxygen atoms in total. The molecule has 0 aliphatic rings. The van der Waals surface area contributed by atoms with Crippen molar-refractivity contribution in [2.24, 2.45) is 0 Å². The van der Waals surface area contributed by atoms with Crippen molar-refractivity contribution in [2.75, 3.05) is 5.43 Å². The van der Waals surface area contributed by atoms with Crippen molar-refractivity contribution in [3.63, 3.8) is 0 Å².